The predicted octanol–water partition coefficient (Wildman–Crippen LogP) is 2.51. The van der Waals surface area contributed by atoms with E-state index in [1.807, 2.05) is 6.92 Å². The first-order valence-electron chi connectivity index (χ1n) is 5.85. The standard InChI is InChI=1S/C11H19BrN4O/c1-3-5-13-10-9(12)11(16-8-15-10)14-6-7-17-4-2/h8H,3-7H2,1-2H3,(H2,13,14,15,16). The van der Waals surface area contributed by atoms with Crippen LogP contribution in [0, 0.1) is 0 Å². The van der Waals surface area contributed by atoms with Crippen molar-refractivity contribution < 1.29 is 4.74 Å². The molecule has 1 aromatic rings. The lowest BCUT2D eigenvalue weighted by atomic mass is 10.4. The van der Waals surface area contributed by atoms with Crippen LogP contribution < -0.4 is 10.6 Å². The second kappa shape index (κ2) is 8.25. The van der Waals surface area contributed by atoms with Gasteiger partial charge < -0.3 is 15.4 Å². The number of aromatic nitrogens is 2. The third-order valence-corrected chi connectivity index (χ3v) is 2.83. The molecule has 1 heterocycles. The van der Waals surface area contributed by atoms with Gasteiger partial charge in [-0.15, -0.1) is 0 Å². The maximum absolute atomic E-state index is 5.25. The Kier molecular flexibility index (Phi) is 6.88. The van der Waals surface area contributed by atoms with E-state index in [9.17, 15) is 0 Å². The largest absolute Gasteiger partial charge is 0.380 e. The fraction of sp³-hybridized carbons (Fsp3) is 0.636. The Labute approximate surface area is 111 Å². The van der Waals surface area contributed by atoms with Gasteiger partial charge in [-0.05, 0) is 29.3 Å². The van der Waals surface area contributed by atoms with Crippen molar-refractivity contribution in [2.75, 3.05) is 36.9 Å². The molecule has 5 nitrogen and oxygen atoms in total. The van der Waals surface area contributed by atoms with Crippen molar-refractivity contribution in [2.45, 2.75) is 20.3 Å². The number of nitrogens with one attached hydrogen (secondary N) is 2. The minimum absolute atomic E-state index is 0.671. The smallest absolute Gasteiger partial charge is 0.146 e. The van der Waals surface area contributed by atoms with E-state index in [2.05, 4.69) is 43.5 Å². The molecule has 0 unspecified atom stereocenters. The zero-order chi connectivity index (χ0) is 12.5. The lowest BCUT2D eigenvalue weighted by molar-refractivity contribution is 0.158. The normalized spacial score (nSPS) is 10.3. The lowest BCUT2D eigenvalue weighted by Crippen LogP contribution is -2.12. The molecule has 1 aromatic heterocycles. The van der Waals surface area contributed by atoms with Gasteiger partial charge in [-0.1, -0.05) is 6.92 Å². The van der Waals surface area contributed by atoms with E-state index in [1.165, 1.54) is 0 Å². The van der Waals surface area contributed by atoms with Crippen LogP contribution in [0.4, 0.5) is 11.6 Å². The second-order valence-electron chi connectivity index (χ2n) is 3.44. The Bertz CT molecular complexity index is 335. The summed E-state index contributed by atoms with van der Waals surface area (Å²) in [4.78, 5) is 8.36. The summed E-state index contributed by atoms with van der Waals surface area (Å²) in [5, 5.41) is 6.44. The number of anilines is 2. The number of rotatable bonds is 8. The topological polar surface area (TPSA) is 59.1 Å². The third kappa shape index (κ3) is 4.87. The third-order valence-electron chi connectivity index (χ3n) is 2.07. The van der Waals surface area contributed by atoms with Crippen LogP contribution in [0.3, 0.4) is 0 Å². The van der Waals surface area contributed by atoms with Crippen LogP contribution in [-0.2, 0) is 4.74 Å². The van der Waals surface area contributed by atoms with Crippen LogP contribution in [0.5, 0.6) is 0 Å². The van der Waals surface area contributed by atoms with Crippen LogP contribution >= 0.6 is 15.9 Å². The molecule has 1 rings (SSSR count). The van der Waals surface area contributed by atoms with Gasteiger partial charge in [0.25, 0.3) is 0 Å². The van der Waals surface area contributed by atoms with E-state index in [4.69, 9.17) is 4.74 Å². The predicted molar refractivity (Wildman–Crippen MR) is 73.5 cm³/mol. The molecule has 17 heavy (non-hydrogen) atoms. The van der Waals surface area contributed by atoms with Crippen molar-refractivity contribution in [3.63, 3.8) is 0 Å². The molecule has 0 aliphatic rings. The fourth-order valence-electron chi connectivity index (χ4n) is 1.25. The van der Waals surface area contributed by atoms with Crippen molar-refractivity contribution in [3.05, 3.63) is 10.8 Å². The van der Waals surface area contributed by atoms with Gasteiger partial charge in [0.05, 0.1) is 6.61 Å². The summed E-state index contributed by atoms with van der Waals surface area (Å²) < 4.78 is 6.12. The summed E-state index contributed by atoms with van der Waals surface area (Å²) >= 11 is 3.49. The maximum Gasteiger partial charge on any atom is 0.146 e. The molecule has 0 aliphatic heterocycles. The summed E-state index contributed by atoms with van der Waals surface area (Å²) in [7, 11) is 0. The van der Waals surface area contributed by atoms with E-state index in [0.717, 1.165) is 42.2 Å². The minimum Gasteiger partial charge on any atom is -0.380 e. The van der Waals surface area contributed by atoms with Gasteiger partial charge in [-0.2, -0.15) is 0 Å². The van der Waals surface area contributed by atoms with Crippen molar-refractivity contribution in [1.82, 2.24) is 9.97 Å². The Morgan fingerprint density at radius 1 is 1.18 bits per heavy atom. The van der Waals surface area contributed by atoms with Crippen molar-refractivity contribution in [2.24, 2.45) is 0 Å². The Morgan fingerprint density at radius 2 is 1.82 bits per heavy atom. The van der Waals surface area contributed by atoms with Crippen LogP contribution in [0.25, 0.3) is 0 Å². The van der Waals surface area contributed by atoms with E-state index in [-0.39, 0.29) is 0 Å². The second-order valence-corrected chi connectivity index (χ2v) is 4.23. The number of nitrogens with zero attached hydrogens (tertiary/aromatic N) is 2. The molecular weight excluding hydrogens is 284 g/mol. The summed E-state index contributed by atoms with van der Waals surface area (Å²) in [6, 6.07) is 0. The van der Waals surface area contributed by atoms with Crippen LogP contribution in [0.1, 0.15) is 20.3 Å². The zero-order valence-corrected chi connectivity index (χ0v) is 11.9. The molecule has 0 radical (unpaired) electrons. The monoisotopic (exact) mass is 302 g/mol. The Balaban J connectivity index is 2.53. The highest BCUT2D eigenvalue weighted by Crippen LogP contribution is 2.26. The van der Waals surface area contributed by atoms with Gasteiger partial charge in [0.1, 0.15) is 22.4 Å². The van der Waals surface area contributed by atoms with E-state index in [1.54, 1.807) is 6.33 Å². The SMILES string of the molecule is CCCNc1ncnc(NCCOCC)c1Br. The molecule has 0 fully saturated rings. The minimum atomic E-state index is 0.671. The van der Waals surface area contributed by atoms with Crippen LogP contribution in [0.2, 0.25) is 0 Å². The molecule has 0 bridgehead atoms. The maximum atomic E-state index is 5.25. The number of ether oxygens (including phenoxy) is 1. The van der Waals surface area contributed by atoms with Gasteiger partial charge in [-0.25, -0.2) is 9.97 Å². The van der Waals surface area contributed by atoms with Gasteiger partial charge in [0, 0.05) is 19.7 Å². The molecule has 0 saturated heterocycles. The molecule has 6 heteroatoms. The Morgan fingerprint density at radius 3 is 2.41 bits per heavy atom. The number of hydrogen-bond donors (Lipinski definition) is 2. The van der Waals surface area contributed by atoms with Crippen molar-refractivity contribution in [3.8, 4) is 0 Å². The summed E-state index contributed by atoms with van der Waals surface area (Å²) in [5.74, 6) is 1.61. The summed E-state index contributed by atoms with van der Waals surface area (Å²) in [6.45, 7) is 7.13. The van der Waals surface area contributed by atoms with Crippen LogP contribution in [-0.4, -0.2) is 36.3 Å². The molecular formula is C11H19BrN4O. The summed E-state index contributed by atoms with van der Waals surface area (Å²) in [6.07, 6.45) is 2.61. The highest BCUT2D eigenvalue weighted by atomic mass is 79.9. The van der Waals surface area contributed by atoms with Gasteiger partial charge in [0.2, 0.25) is 0 Å². The molecule has 0 saturated carbocycles. The molecule has 0 spiro atoms. The molecule has 96 valence electrons. The van der Waals surface area contributed by atoms with Gasteiger partial charge >= 0.3 is 0 Å². The first-order chi connectivity index (χ1) is 8.29. The highest BCUT2D eigenvalue weighted by molar-refractivity contribution is 9.10. The van der Waals surface area contributed by atoms with E-state index in [0.29, 0.717) is 6.61 Å². The highest BCUT2D eigenvalue weighted by Gasteiger charge is 2.07. The Hall–Kier alpha value is -0.880. The van der Waals surface area contributed by atoms with E-state index < -0.39 is 0 Å². The average molecular weight is 303 g/mol. The first kappa shape index (κ1) is 14.2. The molecule has 2 N–H and O–H groups in total. The lowest BCUT2D eigenvalue weighted by Gasteiger charge is -2.11. The molecule has 0 atom stereocenters. The summed E-state index contributed by atoms with van der Waals surface area (Å²) in [5.41, 5.74) is 0. The van der Waals surface area contributed by atoms with Gasteiger partial charge in [-0.3, -0.25) is 0 Å². The van der Waals surface area contributed by atoms with Crippen molar-refractivity contribution in [1.29, 1.82) is 0 Å². The van der Waals surface area contributed by atoms with Crippen LogP contribution in [0.15, 0.2) is 10.8 Å². The number of hydrogen-bond acceptors (Lipinski definition) is 5. The molecule has 0 amide bonds. The van der Waals surface area contributed by atoms with E-state index >= 15 is 0 Å². The molecule has 0 aliphatic carbocycles. The molecule has 0 aromatic carbocycles. The fourth-order valence-corrected chi connectivity index (χ4v) is 1.73. The quantitative estimate of drug-likeness (QED) is 0.723. The zero-order valence-electron chi connectivity index (χ0n) is 10.3. The first-order valence-corrected chi connectivity index (χ1v) is 6.64. The van der Waals surface area contributed by atoms with Gasteiger partial charge in [0.15, 0.2) is 0 Å². The average Bonchev–Trinajstić information content (AvgIpc) is 2.35. The van der Waals surface area contributed by atoms with Crippen molar-refractivity contribution >= 4 is 27.6 Å². The number of halogens is 1.